The molecule has 1 aliphatic rings. The fraction of sp³-hybridized carbons (Fsp3) is 0.417. The summed E-state index contributed by atoms with van der Waals surface area (Å²) in [6.07, 6.45) is 0.341. The Morgan fingerprint density at radius 1 is 1.28 bits per heavy atom. The van der Waals surface area contributed by atoms with E-state index in [1.54, 1.807) is 0 Å². The van der Waals surface area contributed by atoms with Crippen LogP contribution >= 0.6 is 12.6 Å². The minimum atomic E-state index is -0.963. The van der Waals surface area contributed by atoms with Crippen molar-refractivity contribution in [2.24, 2.45) is 5.92 Å². The van der Waals surface area contributed by atoms with Gasteiger partial charge >= 0.3 is 0 Å². The lowest BCUT2D eigenvalue weighted by Crippen LogP contribution is -2.26. The van der Waals surface area contributed by atoms with Gasteiger partial charge in [-0.3, -0.25) is 4.79 Å². The van der Waals surface area contributed by atoms with Gasteiger partial charge in [0.1, 0.15) is 17.5 Å². The Morgan fingerprint density at radius 2 is 1.89 bits per heavy atom. The van der Waals surface area contributed by atoms with Crippen LogP contribution in [-0.2, 0) is 11.3 Å². The van der Waals surface area contributed by atoms with Gasteiger partial charge in [-0.25, -0.2) is 13.2 Å². The highest BCUT2D eigenvalue weighted by Crippen LogP contribution is 2.23. The first-order chi connectivity index (χ1) is 8.51. The largest absolute Gasteiger partial charge is 0.338 e. The summed E-state index contributed by atoms with van der Waals surface area (Å²) in [6, 6.07) is 1.24. The number of carbonyl (C=O) groups excluding carboxylic acids is 1. The lowest BCUT2D eigenvalue weighted by atomic mass is 10.1. The molecule has 2 rings (SSSR count). The number of likely N-dealkylation sites (tertiary alicyclic amines) is 1. The summed E-state index contributed by atoms with van der Waals surface area (Å²) in [5.41, 5.74) is -0.274. The minimum absolute atomic E-state index is 0.104. The molecule has 1 fully saturated rings. The van der Waals surface area contributed by atoms with Gasteiger partial charge in [0.25, 0.3) is 0 Å². The van der Waals surface area contributed by atoms with Crippen molar-refractivity contribution >= 4 is 18.5 Å². The number of thiol groups is 1. The quantitative estimate of drug-likeness (QED) is 0.840. The third-order valence-corrected chi connectivity index (χ3v) is 3.52. The van der Waals surface area contributed by atoms with Crippen LogP contribution in [0, 0.1) is 23.4 Å². The maximum Gasteiger partial charge on any atom is 0.223 e. The van der Waals surface area contributed by atoms with Crippen LogP contribution in [0.1, 0.15) is 12.0 Å². The first-order valence-electron chi connectivity index (χ1n) is 5.53. The van der Waals surface area contributed by atoms with E-state index in [0.29, 0.717) is 30.9 Å². The van der Waals surface area contributed by atoms with Crippen molar-refractivity contribution in [3.63, 3.8) is 0 Å². The zero-order valence-electron chi connectivity index (χ0n) is 9.50. The van der Waals surface area contributed by atoms with E-state index in [2.05, 4.69) is 12.6 Å². The van der Waals surface area contributed by atoms with E-state index in [1.807, 2.05) is 0 Å². The summed E-state index contributed by atoms with van der Waals surface area (Å²) in [6.45, 7) is 0.264. The standard InChI is InChI=1S/C12H12F3NOS/c13-8-2-10(14)9(11(15)3-8)5-16-4-7(6-18)1-12(16)17/h2-3,7,18H,1,4-6H2. The number of rotatable bonds is 3. The van der Waals surface area contributed by atoms with Crippen LogP contribution in [-0.4, -0.2) is 23.1 Å². The predicted molar refractivity (Wildman–Crippen MR) is 63.7 cm³/mol. The summed E-state index contributed by atoms with van der Waals surface area (Å²) in [7, 11) is 0. The average Bonchev–Trinajstić information content (AvgIpc) is 2.64. The van der Waals surface area contributed by atoms with E-state index >= 15 is 0 Å². The van der Waals surface area contributed by atoms with Gasteiger partial charge in [-0.15, -0.1) is 0 Å². The molecule has 1 atom stereocenters. The normalized spacial score (nSPS) is 19.7. The van der Waals surface area contributed by atoms with Crippen molar-refractivity contribution in [1.29, 1.82) is 0 Å². The highest BCUT2D eigenvalue weighted by molar-refractivity contribution is 7.80. The predicted octanol–water partition coefficient (Wildman–Crippen LogP) is 2.38. The molecule has 1 unspecified atom stereocenters. The molecule has 0 aliphatic carbocycles. The molecule has 18 heavy (non-hydrogen) atoms. The second kappa shape index (κ2) is 5.22. The number of hydrogen-bond acceptors (Lipinski definition) is 2. The summed E-state index contributed by atoms with van der Waals surface area (Å²) in [5.74, 6) is -2.39. The van der Waals surface area contributed by atoms with Gasteiger partial charge in [-0.2, -0.15) is 12.6 Å². The van der Waals surface area contributed by atoms with E-state index in [9.17, 15) is 18.0 Å². The van der Waals surface area contributed by atoms with Crippen LogP contribution in [0.2, 0.25) is 0 Å². The summed E-state index contributed by atoms with van der Waals surface area (Å²) >= 11 is 4.10. The molecule has 1 aromatic carbocycles. The molecular weight excluding hydrogens is 263 g/mol. The van der Waals surface area contributed by atoms with Crippen LogP contribution < -0.4 is 0 Å². The molecule has 0 saturated carbocycles. The lowest BCUT2D eigenvalue weighted by Gasteiger charge is -2.17. The Bertz CT molecular complexity index is 457. The lowest BCUT2D eigenvalue weighted by molar-refractivity contribution is -0.128. The van der Waals surface area contributed by atoms with Gasteiger partial charge in [-0.1, -0.05) is 0 Å². The highest BCUT2D eigenvalue weighted by Gasteiger charge is 2.29. The van der Waals surface area contributed by atoms with Crippen LogP contribution in [0.25, 0.3) is 0 Å². The number of carbonyl (C=O) groups is 1. The molecule has 0 N–H and O–H groups in total. The molecule has 2 nitrogen and oxygen atoms in total. The Morgan fingerprint density at radius 3 is 2.39 bits per heavy atom. The number of hydrogen-bond donors (Lipinski definition) is 1. The molecule has 0 bridgehead atoms. The van der Waals surface area contributed by atoms with E-state index in [-0.39, 0.29) is 23.9 Å². The molecule has 1 saturated heterocycles. The zero-order chi connectivity index (χ0) is 13.3. The van der Waals surface area contributed by atoms with Crippen molar-refractivity contribution in [2.45, 2.75) is 13.0 Å². The highest BCUT2D eigenvalue weighted by atomic mass is 32.1. The van der Waals surface area contributed by atoms with Crippen molar-refractivity contribution in [3.05, 3.63) is 35.1 Å². The van der Waals surface area contributed by atoms with Gasteiger partial charge < -0.3 is 4.90 Å². The van der Waals surface area contributed by atoms with E-state index < -0.39 is 17.5 Å². The summed E-state index contributed by atoms with van der Waals surface area (Å²) in [5, 5.41) is 0. The van der Waals surface area contributed by atoms with E-state index in [0.717, 1.165) is 0 Å². The molecule has 98 valence electrons. The Hall–Kier alpha value is -1.17. The van der Waals surface area contributed by atoms with Crippen molar-refractivity contribution in [3.8, 4) is 0 Å². The number of amides is 1. The first-order valence-corrected chi connectivity index (χ1v) is 6.16. The van der Waals surface area contributed by atoms with Gasteiger partial charge in [0, 0.05) is 30.7 Å². The molecule has 1 heterocycles. The zero-order valence-corrected chi connectivity index (χ0v) is 10.4. The smallest absolute Gasteiger partial charge is 0.223 e. The second-order valence-electron chi connectivity index (χ2n) is 4.37. The fourth-order valence-electron chi connectivity index (χ4n) is 2.04. The van der Waals surface area contributed by atoms with Crippen LogP contribution in [0.4, 0.5) is 13.2 Å². The van der Waals surface area contributed by atoms with E-state index in [4.69, 9.17) is 0 Å². The Balaban J connectivity index is 2.17. The average molecular weight is 275 g/mol. The van der Waals surface area contributed by atoms with Crippen LogP contribution in [0.15, 0.2) is 12.1 Å². The molecule has 0 radical (unpaired) electrons. The van der Waals surface area contributed by atoms with Crippen molar-refractivity contribution < 1.29 is 18.0 Å². The van der Waals surface area contributed by atoms with Gasteiger partial charge in [-0.05, 0) is 11.7 Å². The molecule has 0 aromatic heterocycles. The topological polar surface area (TPSA) is 20.3 Å². The molecule has 6 heteroatoms. The molecule has 1 aromatic rings. The molecule has 0 spiro atoms. The maximum absolute atomic E-state index is 13.4. The van der Waals surface area contributed by atoms with Crippen LogP contribution in [0.3, 0.4) is 0 Å². The van der Waals surface area contributed by atoms with E-state index in [1.165, 1.54) is 4.90 Å². The monoisotopic (exact) mass is 275 g/mol. The second-order valence-corrected chi connectivity index (χ2v) is 4.74. The minimum Gasteiger partial charge on any atom is -0.338 e. The van der Waals surface area contributed by atoms with Crippen molar-refractivity contribution in [1.82, 2.24) is 4.90 Å². The van der Waals surface area contributed by atoms with Gasteiger partial charge in [0.15, 0.2) is 0 Å². The fourth-order valence-corrected chi connectivity index (χ4v) is 2.29. The third-order valence-electron chi connectivity index (χ3n) is 3.01. The number of benzene rings is 1. The molecule has 1 amide bonds. The first kappa shape index (κ1) is 13.3. The molecular formula is C12H12F3NOS. The van der Waals surface area contributed by atoms with Crippen molar-refractivity contribution in [2.75, 3.05) is 12.3 Å². The van der Waals surface area contributed by atoms with Gasteiger partial charge in [0.2, 0.25) is 5.91 Å². The maximum atomic E-state index is 13.4. The molecule has 1 aliphatic heterocycles. The van der Waals surface area contributed by atoms with Crippen LogP contribution in [0.5, 0.6) is 0 Å². The summed E-state index contributed by atoms with van der Waals surface area (Å²) < 4.78 is 39.6. The SMILES string of the molecule is O=C1CC(CS)CN1Cc1c(F)cc(F)cc1F. The third kappa shape index (κ3) is 2.63. The Labute approximate surface area is 108 Å². The Kier molecular flexibility index (Phi) is 3.85. The number of halogens is 3. The number of nitrogens with zero attached hydrogens (tertiary/aromatic N) is 1. The summed E-state index contributed by atoms with van der Waals surface area (Å²) in [4.78, 5) is 13.0. The van der Waals surface area contributed by atoms with Gasteiger partial charge in [0.05, 0.1) is 6.54 Å².